The van der Waals surface area contributed by atoms with Gasteiger partial charge in [0.1, 0.15) is 6.10 Å². The van der Waals surface area contributed by atoms with Gasteiger partial charge in [-0.05, 0) is 29.8 Å². The largest absolute Gasteiger partial charge is 0.472 e. The second-order valence-electron chi connectivity index (χ2n) is 7.55. The van der Waals surface area contributed by atoms with E-state index in [2.05, 4.69) is 9.97 Å². The summed E-state index contributed by atoms with van der Waals surface area (Å²) in [6.07, 6.45) is 6.24. The van der Waals surface area contributed by atoms with E-state index in [0.717, 1.165) is 29.4 Å². The zero-order valence-corrected chi connectivity index (χ0v) is 16.5. The van der Waals surface area contributed by atoms with Crippen LogP contribution < -0.4 is 4.74 Å². The topological polar surface area (TPSA) is 60.2 Å². The van der Waals surface area contributed by atoms with Crippen LogP contribution in [-0.2, 0) is 6.54 Å². The number of rotatable bonds is 5. The van der Waals surface area contributed by atoms with Gasteiger partial charge in [0.2, 0.25) is 5.88 Å². The van der Waals surface area contributed by atoms with Crippen LogP contribution in [0.3, 0.4) is 0 Å². The van der Waals surface area contributed by atoms with Crippen LogP contribution in [0.5, 0.6) is 5.88 Å². The van der Waals surface area contributed by atoms with Gasteiger partial charge < -0.3 is 14.2 Å². The Bertz CT molecular complexity index is 1160. The Labute approximate surface area is 174 Å². The molecule has 6 heteroatoms. The summed E-state index contributed by atoms with van der Waals surface area (Å²) < 4.78 is 8.06. The quantitative estimate of drug-likeness (QED) is 0.513. The van der Waals surface area contributed by atoms with Crippen molar-refractivity contribution in [3.8, 4) is 5.88 Å². The van der Waals surface area contributed by atoms with E-state index in [1.165, 1.54) is 0 Å². The van der Waals surface area contributed by atoms with Crippen molar-refractivity contribution in [1.82, 2.24) is 19.4 Å². The molecule has 30 heavy (non-hydrogen) atoms. The fourth-order valence-corrected chi connectivity index (χ4v) is 3.82. The van der Waals surface area contributed by atoms with Crippen LogP contribution in [0.1, 0.15) is 22.3 Å². The van der Waals surface area contributed by atoms with E-state index in [-0.39, 0.29) is 12.0 Å². The lowest BCUT2D eigenvalue weighted by molar-refractivity contribution is 0.0771. The molecular weight excluding hydrogens is 376 g/mol. The minimum Gasteiger partial charge on any atom is -0.472 e. The molecular formula is C24H22N4O2. The van der Waals surface area contributed by atoms with Gasteiger partial charge in [0.25, 0.3) is 5.91 Å². The van der Waals surface area contributed by atoms with Crippen molar-refractivity contribution in [2.24, 2.45) is 0 Å². The van der Waals surface area contributed by atoms with Gasteiger partial charge in [-0.3, -0.25) is 4.79 Å². The monoisotopic (exact) mass is 398 g/mol. The van der Waals surface area contributed by atoms with Gasteiger partial charge in [-0.25, -0.2) is 9.97 Å². The summed E-state index contributed by atoms with van der Waals surface area (Å²) in [5, 5.41) is 1.09. The first-order valence-electron chi connectivity index (χ1n) is 10.1. The summed E-state index contributed by atoms with van der Waals surface area (Å²) in [6, 6.07) is 19.7. The fraction of sp³-hybridized carbons (Fsp3) is 0.208. The first kappa shape index (κ1) is 18.4. The van der Waals surface area contributed by atoms with Crippen molar-refractivity contribution < 1.29 is 9.53 Å². The molecule has 1 unspecified atom stereocenters. The van der Waals surface area contributed by atoms with Gasteiger partial charge in [-0.15, -0.1) is 0 Å². The molecule has 5 rings (SSSR count). The Morgan fingerprint density at radius 1 is 1.07 bits per heavy atom. The molecule has 1 aliphatic heterocycles. The summed E-state index contributed by atoms with van der Waals surface area (Å²) in [5.74, 6) is 0.651. The molecule has 0 aliphatic carbocycles. The minimum atomic E-state index is -0.0388. The molecule has 2 aromatic carbocycles. The van der Waals surface area contributed by atoms with Crippen molar-refractivity contribution in [3.05, 3.63) is 90.5 Å². The van der Waals surface area contributed by atoms with Crippen molar-refractivity contribution >= 4 is 16.8 Å². The minimum absolute atomic E-state index is 0.0388. The number of aromatic nitrogens is 3. The fourth-order valence-electron chi connectivity index (χ4n) is 3.82. The zero-order chi connectivity index (χ0) is 20.3. The van der Waals surface area contributed by atoms with Gasteiger partial charge >= 0.3 is 0 Å². The molecule has 1 atom stereocenters. The Kier molecular flexibility index (Phi) is 4.89. The first-order chi connectivity index (χ1) is 14.7. The van der Waals surface area contributed by atoms with E-state index >= 15 is 0 Å². The maximum Gasteiger partial charge on any atom is 0.253 e. The van der Waals surface area contributed by atoms with Gasteiger partial charge in [-0.2, -0.15) is 0 Å². The van der Waals surface area contributed by atoms with Crippen molar-refractivity contribution in [2.45, 2.75) is 19.1 Å². The van der Waals surface area contributed by atoms with Crippen molar-refractivity contribution in [3.63, 3.8) is 0 Å². The van der Waals surface area contributed by atoms with Crippen LogP contribution in [0.15, 0.2) is 79.4 Å². The third-order valence-corrected chi connectivity index (χ3v) is 5.42. The normalized spacial score (nSPS) is 16.1. The number of hydrogen-bond donors (Lipinski definition) is 0. The molecule has 2 aromatic heterocycles. The van der Waals surface area contributed by atoms with Crippen LogP contribution in [0.2, 0.25) is 0 Å². The molecule has 4 aromatic rings. The van der Waals surface area contributed by atoms with Gasteiger partial charge in [0, 0.05) is 48.9 Å². The molecule has 1 fully saturated rings. The number of imidazole rings is 1. The highest BCUT2D eigenvalue weighted by atomic mass is 16.5. The molecule has 0 radical (unpaired) electrons. The van der Waals surface area contributed by atoms with Crippen molar-refractivity contribution in [1.29, 1.82) is 0 Å². The number of nitrogens with zero attached hydrogens (tertiary/aromatic N) is 4. The number of amides is 1. The number of benzene rings is 2. The average Bonchev–Trinajstić information content (AvgIpc) is 3.46. The lowest BCUT2D eigenvalue weighted by Crippen LogP contribution is -2.31. The summed E-state index contributed by atoms with van der Waals surface area (Å²) in [7, 11) is 0. The molecule has 3 heterocycles. The highest BCUT2D eigenvalue weighted by Gasteiger charge is 2.28. The maximum absolute atomic E-state index is 12.9. The van der Waals surface area contributed by atoms with Crippen LogP contribution >= 0.6 is 0 Å². The van der Waals surface area contributed by atoms with E-state index in [9.17, 15) is 4.79 Å². The first-order valence-corrected chi connectivity index (χ1v) is 10.1. The Hall–Kier alpha value is -3.67. The zero-order valence-electron chi connectivity index (χ0n) is 16.5. The number of carbonyl (C=O) groups excluding carboxylic acids is 1. The summed E-state index contributed by atoms with van der Waals surface area (Å²) >= 11 is 0. The Morgan fingerprint density at radius 2 is 1.93 bits per heavy atom. The number of hydrogen-bond acceptors (Lipinski definition) is 4. The van der Waals surface area contributed by atoms with Gasteiger partial charge in [0.15, 0.2) is 0 Å². The molecule has 6 nitrogen and oxygen atoms in total. The van der Waals surface area contributed by atoms with Gasteiger partial charge in [-0.1, -0.05) is 30.3 Å². The second kappa shape index (κ2) is 7.99. The predicted octanol–water partition coefficient (Wildman–Crippen LogP) is 3.77. The van der Waals surface area contributed by atoms with Crippen LogP contribution in [0, 0.1) is 0 Å². The number of para-hydroxylation sites is 1. The lowest BCUT2D eigenvalue weighted by Gasteiger charge is -2.17. The maximum atomic E-state index is 12.9. The van der Waals surface area contributed by atoms with Crippen LogP contribution in [-0.4, -0.2) is 44.5 Å². The molecule has 0 N–H and O–H groups in total. The smallest absolute Gasteiger partial charge is 0.253 e. The standard InChI is InChI=1S/C24H22N4O2/c29-24(20-7-5-18(6-8-20)15-27-14-12-25-17-27)28-13-11-21(16-28)30-23-10-9-19-3-1-2-4-22(19)26-23/h1-10,12,14,17,21H,11,13,15-16H2. The van der Waals surface area contributed by atoms with E-state index in [4.69, 9.17) is 4.74 Å². The molecule has 1 amide bonds. The number of carbonyl (C=O) groups is 1. The number of pyridine rings is 1. The number of fused-ring (bicyclic) bond motifs is 1. The van der Waals surface area contributed by atoms with E-state index < -0.39 is 0 Å². The van der Waals surface area contributed by atoms with Crippen LogP contribution in [0.25, 0.3) is 10.9 Å². The Balaban J connectivity index is 1.21. The molecule has 1 aliphatic rings. The SMILES string of the molecule is O=C(c1ccc(Cn2ccnc2)cc1)N1CCC(Oc2ccc3ccccc3n2)C1. The summed E-state index contributed by atoms with van der Waals surface area (Å²) in [6.45, 7) is 2.00. The van der Waals surface area contributed by atoms with E-state index in [1.807, 2.05) is 76.3 Å². The summed E-state index contributed by atoms with van der Waals surface area (Å²) in [5.41, 5.74) is 2.75. The van der Waals surface area contributed by atoms with Crippen LogP contribution in [0.4, 0.5) is 0 Å². The molecule has 150 valence electrons. The van der Waals surface area contributed by atoms with E-state index in [1.54, 1.807) is 12.5 Å². The number of ether oxygens (including phenoxy) is 1. The lowest BCUT2D eigenvalue weighted by atomic mass is 10.1. The Morgan fingerprint density at radius 3 is 2.77 bits per heavy atom. The van der Waals surface area contributed by atoms with Crippen molar-refractivity contribution in [2.75, 3.05) is 13.1 Å². The molecule has 1 saturated heterocycles. The van der Waals surface area contributed by atoms with E-state index in [0.29, 0.717) is 24.5 Å². The molecule has 0 bridgehead atoms. The highest BCUT2D eigenvalue weighted by Crippen LogP contribution is 2.21. The van der Waals surface area contributed by atoms with Gasteiger partial charge in [0.05, 0.1) is 18.4 Å². The molecule has 0 saturated carbocycles. The third kappa shape index (κ3) is 3.89. The number of likely N-dealkylation sites (tertiary alicyclic amines) is 1. The predicted molar refractivity (Wildman–Crippen MR) is 114 cm³/mol. The highest BCUT2D eigenvalue weighted by molar-refractivity contribution is 5.94. The summed E-state index contributed by atoms with van der Waals surface area (Å²) in [4.78, 5) is 23.4. The second-order valence-corrected chi connectivity index (χ2v) is 7.55. The molecule has 0 spiro atoms. The average molecular weight is 398 g/mol. The third-order valence-electron chi connectivity index (χ3n) is 5.42.